The second kappa shape index (κ2) is 7.38. The maximum absolute atomic E-state index is 9.55. The number of hydrogen-bond acceptors (Lipinski definition) is 6. The quantitative estimate of drug-likeness (QED) is 0.669. The van der Waals surface area contributed by atoms with Crippen LogP contribution in [0.3, 0.4) is 0 Å². The monoisotopic (exact) mass is 316 g/mol. The van der Waals surface area contributed by atoms with Crippen molar-refractivity contribution < 1.29 is 19.8 Å². The molecular weight excluding hydrogens is 300 g/mol. The van der Waals surface area contributed by atoms with Crippen molar-refractivity contribution in [3.63, 3.8) is 0 Å². The minimum absolute atomic E-state index is 0.558. The second-order valence-electron chi connectivity index (χ2n) is 5.23. The third kappa shape index (κ3) is 4.52. The summed E-state index contributed by atoms with van der Waals surface area (Å²) >= 11 is 0. The van der Waals surface area contributed by atoms with Crippen LogP contribution in [0.25, 0.3) is 0 Å². The zero-order chi connectivity index (χ0) is 16.8. The van der Waals surface area contributed by atoms with Gasteiger partial charge in [0.25, 0.3) is 0 Å². The molecule has 0 aromatic carbocycles. The molecule has 8 heteroatoms. The summed E-state index contributed by atoms with van der Waals surface area (Å²) in [6, 6.07) is 4.69. The van der Waals surface area contributed by atoms with Crippen LogP contribution in [0.5, 0.6) is 0 Å². The molecule has 0 radical (unpaired) electrons. The SMILES string of the molecule is N#Cc1cncc(N2C[C@H]3CN[C@H]3C2)c1.O=C(O)/C=C/C(=O)O. The third-order valence-corrected chi connectivity index (χ3v) is 3.67. The van der Waals surface area contributed by atoms with Gasteiger partial charge in [-0.2, -0.15) is 5.26 Å². The van der Waals surface area contributed by atoms with Gasteiger partial charge >= 0.3 is 11.9 Å². The van der Waals surface area contributed by atoms with E-state index in [1.54, 1.807) is 6.20 Å². The number of nitrogens with one attached hydrogen (secondary N) is 1. The Hall–Kier alpha value is -2.92. The highest BCUT2D eigenvalue weighted by Gasteiger charge is 2.39. The lowest BCUT2D eigenvalue weighted by Gasteiger charge is -2.29. The number of aliphatic carboxylic acids is 2. The molecule has 2 aliphatic rings. The number of nitriles is 1. The fourth-order valence-corrected chi connectivity index (χ4v) is 2.47. The minimum atomic E-state index is -1.26. The van der Waals surface area contributed by atoms with Crippen molar-refractivity contribution >= 4 is 17.6 Å². The summed E-state index contributed by atoms with van der Waals surface area (Å²) in [5.74, 6) is -1.73. The molecule has 2 saturated heterocycles. The summed E-state index contributed by atoms with van der Waals surface area (Å²) in [4.78, 5) is 25.5. The molecule has 3 N–H and O–H groups in total. The molecule has 0 bridgehead atoms. The summed E-state index contributed by atoms with van der Waals surface area (Å²) in [6.45, 7) is 3.27. The van der Waals surface area contributed by atoms with Gasteiger partial charge in [0.15, 0.2) is 0 Å². The summed E-state index contributed by atoms with van der Waals surface area (Å²) in [7, 11) is 0. The Morgan fingerprint density at radius 1 is 1.30 bits per heavy atom. The first-order valence-electron chi connectivity index (χ1n) is 6.97. The van der Waals surface area contributed by atoms with E-state index in [1.165, 1.54) is 0 Å². The van der Waals surface area contributed by atoms with Gasteiger partial charge in [0, 0.05) is 49.9 Å². The van der Waals surface area contributed by atoms with Crippen molar-refractivity contribution in [2.45, 2.75) is 6.04 Å². The standard InChI is InChI=1S/C11H12N4.C4H4O4/c12-2-8-1-10(5-13-3-8)15-6-9-4-14-11(9)7-15;5-3(6)1-2-4(7)8/h1,3,5,9,11,14H,4,6-7H2;1-2H,(H,5,6)(H,7,8)/b;2-1+/t9-,11+;/m1./s1. The summed E-state index contributed by atoms with van der Waals surface area (Å²) in [5.41, 5.74) is 1.71. The molecule has 0 spiro atoms. The van der Waals surface area contributed by atoms with Crippen molar-refractivity contribution in [2.75, 3.05) is 24.5 Å². The number of carboxylic acids is 2. The summed E-state index contributed by atoms with van der Waals surface area (Å²) < 4.78 is 0. The van der Waals surface area contributed by atoms with E-state index in [2.05, 4.69) is 21.3 Å². The van der Waals surface area contributed by atoms with Crippen molar-refractivity contribution in [1.82, 2.24) is 10.3 Å². The Morgan fingerprint density at radius 3 is 2.43 bits per heavy atom. The van der Waals surface area contributed by atoms with Crippen molar-refractivity contribution in [3.05, 3.63) is 36.2 Å². The largest absolute Gasteiger partial charge is 0.478 e. The average molecular weight is 316 g/mol. The van der Waals surface area contributed by atoms with E-state index in [0.29, 0.717) is 23.8 Å². The van der Waals surface area contributed by atoms with Gasteiger partial charge in [-0.05, 0) is 6.07 Å². The summed E-state index contributed by atoms with van der Waals surface area (Å²) in [6.07, 6.45) is 4.56. The number of pyridine rings is 1. The van der Waals surface area contributed by atoms with Gasteiger partial charge in [0.2, 0.25) is 0 Å². The van der Waals surface area contributed by atoms with Crippen LogP contribution in [-0.4, -0.2) is 52.8 Å². The highest BCUT2D eigenvalue weighted by Crippen LogP contribution is 2.27. The Bertz CT molecular complexity index is 640. The van der Waals surface area contributed by atoms with Gasteiger partial charge in [0.05, 0.1) is 17.4 Å². The first-order valence-corrected chi connectivity index (χ1v) is 6.97. The van der Waals surface area contributed by atoms with Crippen molar-refractivity contribution in [2.24, 2.45) is 5.92 Å². The third-order valence-electron chi connectivity index (χ3n) is 3.67. The molecule has 0 amide bonds. The normalized spacial score (nSPS) is 21.6. The first-order chi connectivity index (χ1) is 11.0. The molecule has 0 unspecified atom stereocenters. The van der Waals surface area contributed by atoms with Gasteiger partial charge < -0.3 is 20.4 Å². The number of carbonyl (C=O) groups is 2. The topological polar surface area (TPSA) is 127 Å². The lowest BCUT2D eigenvalue weighted by atomic mass is 9.96. The number of rotatable bonds is 3. The van der Waals surface area contributed by atoms with E-state index in [-0.39, 0.29) is 0 Å². The number of nitrogens with zero attached hydrogens (tertiary/aromatic N) is 3. The van der Waals surface area contributed by atoms with Gasteiger partial charge in [-0.1, -0.05) is 0 Å². The van der Waals surface area contributed by atoms with E-state index in [4.69, 9.17) is 15.5 Å². The zero-order valence-corrected chi connectivity index (χ0v) is 12.2. The Balaban J connectivity index is 0.000000207. The molecule has 3 rings (SSSR count). The fraction of sp³-hybridized carbons (Fsp3) is 0.333. The van der Waals surface area contributed by atoms with Gasteiger partial charge in [-0.25, -0.2) is 9.59 Å². The molecule has 8 nitrogen and oxygen atoms in total. The average Bonchev–Trinajstić information content (AvgIpc) is 2.81. The first kappa shape index (κ1) is 16.5. The van der Waals surface area contributed by atoms with Crippen LogP contribution in [0.2, 0.25) is 0 Å². The lowest BCUT2D eigenvalue weighted by Crippen LogP contribution is -2.51. The van der Waals surface area contributed by atoms with Gasteiger partial charge in [-0.3, -0.25) is 4.98 Å². The van der Waals surface area contributed by atoms with Crippen molar-refractivity contribution in [3.8, 4) is 6.07 Å². The number of anilines is 1. The Kier molecular flexibility index (Phi) is 5.28. The molecule has 2 fully saturated rings. The highest BCUT2D eigenvalue weighted by atomic mass is 16.4. The molecule has 2 aliphatic heterocycles. The Morgan fingerprint density at radius 2 is 2.00 bits per heavy atom. The highest BCUT2D eigenvalue weighted by molar-refractivity contribution is 5.89. The van der Waals surface area contributed by atoms with Crippen LogP contribution in [0.4, 0.5) is 5.69 Å². The maximum atomic E-state index is 9.55. The Labute approximate surface area is 132 Å². The van der Waals surface area contributed by atoms with Crippen molar-refractivity contribution in [1.29, 1.82) is 5.26 Å². The molecule has 1 aromatic rings. The second-order valence-corrected chi connectivity index (χ2v) is 5.23. The van der Waals surface area contributed by atoms with Crippen LogP contribution in [0.1, 0.15) is 5.56 Å². The fourth-order valence-electron chi connectivity index (χ4n) is 2.47. The van der Waals surface area contributed by atoms with Gasteiger partial charge in [0.1, 0.15) is 6.07 Å². The molecule has 1 aromatic heterocycles. The van der Waals surface area contributed by atoms with Crippen LogP contribution < -0.4 is 10.2 Å². The molecule has 120 valence electrons. The van der Waals surface area contributed by atoms with Crippen LogP contribution in [0.15, 0.2) is 30.6 Å². The molecule has 23 heavy (non-hydrogen) atoms. The summed E-state index contributed by atoms with van der Waals surface area (Å²) in [5, 5.41) is 27.8. The molecule has 3 heterocycles. The molecule has 2 atom stereocenters. The van der Waals surface area contributed by atoms with Crippen LogP contribution in [-0.2, 0) is 9.59 Å². The van der Waals surface area contributed by atoms with E-state index in [9.17, 15) is 9.59 Å². The zero-order valence-electron chi connectivity index (χ0n) is 12.2. The van der Waals surface area contributed by atoms with E-state index < -0.39 is 11.9 Å². The van der Waals surface area contributed by atoms with E-state index in [1.807, 2.05) is 12.3 Å². The van der Waals surface area contributed by atoms with Crippen LogP contribution in [0, 0.1) is 17.2 Å². The van der Waals surface area contributed by atoms with Gasteiger partial charge in [-0.15, -0.1) is 0 Å². The van der Waals surface area contributed by atoms with E-state index >= 15 is 0 Å². The maximum Gasteiger partial charge on any atom is 0.328 e. The molecule has 0 aliphatic carbocycles. The minimum Gasteiger partial charge on any atom is -0.478 e. The smallest absolute Gasteiger partial charge is 0.328 e. The predicted molar refractivity (Wildman–Crippen MR) is 80.9 cm³/mol. The predicted octanol–water partition coefficient (Wildman–Crippen LogP) is 0.0731. The lowest BCUT2D eigenvalue weighted by molar-refractivity contribution is -0.134. The number of fused-ring (bicyclic) bond motifs is 1. The van der Waals surface area contributed by atoms with Crippen LogP contribution >= 0.6 is 0 Å². The van der Waals surface area contributed by atoms with E-state index in [0.717, 1.165) is 31.2 Å². The molecular formula is C15H16N4O4. The number of hydrogen-bond donors (Lipinski definition) is 3. The number of carboxylic acid groups (broad SMARTS) is 2. The number of aromatic nitrogens is 1. The molecule has 0 saturated carbocycles.